The van der Waals surface area contributed by atoms with Crippen LogP contribution in [0.15, 0.2) is 18.2 Å². The highest BCUT2D eigenvalue weighted by Gasteiger charge is 2.21. The minimum Gasteiger partial charge on any atom is -0.371 e. The van der Waals surface area contributed by atoms with Crippen LogP contribution in [0.3, 0.4) is 0 Å². The van der Waals surface area contributed by atoms with Crippen LogP contribution in [0.1, 0.15) is 25.0 Å². The van der Waals surface area contributed by atoms with Gasteiger partial charge < -0.3 is 10.1 Å². The molecule has 2 rings (SSSR count). The lowest BCUT2D eigenvalue weighted by Gasteiger charge is -2.30. The fourth-order valence-corrected chi connectivity index (χ4v) is 2.00. The van der Waals surface area contributed by atoms with Crippen molar-refractivity contribution in [3.8, 4) is 0 Å². The molecule has 2 nitrogen and oxygen atoms in total. The average molecular weight is 244 g/mol. The Hall–Kier alpha value is -0.640. The molecular formula is C12H15ClFNO. The van der Waals surface area contributed by atoms with Crippen LogP contribution in [0, 0.1) is 5.82 Å². The van der Waals surface area contributed by atoms with Gasteiger partial charge >= 0.3 is 0 Å². The molecule has 1 aromatic carbocycles. The quantitative estimate of drug-likeness (QED) is 0.863. The van der Waals surface area contributed by atoms with Crippen LogP contribution >= 0.6 is 11.6 Å². The maximum Gasteiger partial charge on any atom is 0.141 e. The highest BCUT2D eigenvalue weighted by Crippen LogP contribution is 2.25. The highest BCUT2D eigenvalue weighted by molar-refractivity contribution is 6.30. The normalized spacial score (nSPS) is 25.7. The van der Waals surface area contributed by atoms with E-state index in [1.807, 2.05) is 0 Å². The number of nitrogens with one attached hydrogen (secondary N) is 1. The van der Waals surface area contributed by atoms with Crippen LogP contribution in [0.5, 0.6) is 0 Å². The smallest absolute Gasteiger partial charge is 0.141 e. The van der Waals surface area contributed by atoms with Crippen molar-refractivity contribution >= 4 is 11.6 Å². The number of morpholine rings is 1. The lowest BCUT2D eigenvalue weighted by atomic mass is 10.1. The summed E-state index contributed by atoms with van der Waals surface area (Å²) in [6.07, 6.45) is 1.03. The summed E-state index contributed by atoms with van der Waals surface area (Å²) < 4.78 is 18.7. The van der Waals surface area contributed by atoms with Crippen LogP contribution in [0.2, 0.25) is 5.02 Å². The van der Waals surface area contributed by atoms with E-state index < -0.39 is 0 Å². The summed E-state index contributed by atoms with van der Waals surface area (Å²) in [4.78, 5) is 0. The molecule has 0 saturated carbocycles. The highest BCUT2D eigenvalue weighted by atomic mass is 35.5. The van der Waals surface area contributed by atoms with E-state index in [-0.39, 0.29) is 16.9 Å². The number of halogens is 2. The molecule has 2 atom stereocenters. The van der Waals surface area contributed by atoms with E-state index in [1.54, 1.807) is 12.1 Å². The third-order valence-corrected chi connectivity index (χ3v) is 3.19. The molecule has 1 saturated heterocycles. The maximum absolute atomic E-state index is 13.0. The Morgan fingerprint density at radius 3 is 2.94 bits per heavy atom. The van der Waals surface area contributed by atoms with Gasteiger partial charge in [0, 0.05) is 12.6 Å². The van der Waals surface area contributed by atoms with Crippen LogP contribution in [0.4, 0.5) is 4.39 Å². The Bertz CT molecular complexity index is 364. The van der Waals surface area contributed by atoms with Gasteiger partial charge in [0.05, 0.1) is 17.7 Å². The third kappa shape index (κ3) is 2.54. The molecule has 0 radical (unpaired) electrons. The lowest BCUT2D eigenvalue weighted by molar-refractivity contribution is 0.00220. The van der Waals surface area contributed by atoms with Crippen molar-refractivity contribution in [2.75, 3.05) is 13.2 Å². The summed E-state index contributed by atoms with van der Waals surface area (Å²) in [5.74, 6) is -0.388. The van der Waals surface area contributed by atoms with E-state index in [1.165, 1.54) is 6.07 Å². The van der Waals surface area contributed by atoms with Crippen LogP contribution < -0.4 is 5.32 Å². The van der Waals surface area contributed by atoms with E-state index in [9.17, 15) is 4.39 Å². The summed E-state index contributed by atoms with van der Waals surface area (Å²) in [6, 6.07) is 5.16. The van der Waals surface area contributed by atoms with Gasteiger partial charge in [0.15, 0.2) is 0 Å². The van der Waals surface area contributed by atoms with E-state index >= 15 is 0 Å². The number of ether oxygens (including phenoxy) is 1. The molecule has 0 bridgehead atoms. The second-order valence-electron chi connectivity index (χ2n) is 4.01. The van der Waals surface area contributed by atoms with Gasteiger partial charge in [0.1, 0.15) is 5.82 Å². The molecule has 4 heteroatoms. The van der Waals surface area contributed by atoms with Crippen molar-refractivity contribution in [3.63, 3.8) is 0 Å². The van der Waals surface area contributed by atoms with E-state index in [0.29, 0.717) is 12.6 Å². The molecule has 0 amide bonds. The molecule has 0 aromatic heterocycles. The summed E-state index contributed by atoms with van der Waals surface area (Å²) >= 11 is 5.74. The van der Waals surface area contributed by atoms with E-state index in [2.05, 4.69) is 12.2 Å². The third-order valence-electron chi connectivity index (χ3n) is 2.90. The van der Waals surface area contributed by atoms with Gasteiger partial charge in [0.25, 0.3) is 0 Å². The van der Waals surface area contributed by atoms with Crippen molar-refractivity contribution in [1.29, 1.82) is 0 Å². The largest absolute Gasteiger partial charge is 0.371 e. The molecule has 1 aliphatic rings. The van der Waals surface area contributed by atoms with Gasteiger partial charge in [-0.2, -0.15) is 0 Å². The molecular weight excluding hydrogens is 229 g/mol. The molecule has 2 unspecified atom stereocenters. The Morgan fingerprint density at radius 2 is 2.38 bits per heavy atom. The minimum atomic E-state index is -0.388. The number of hydrogen-bond acceptors (Lipinski definition) is 2. The monoisotopic (exact) mass is 243 g/mol. The van der Waals surface area contributed by atoms with Crippen molar-refractivity contribution in [1.82, 2.24) is 5.32 Å². The first-order valence-electron chi connectivity index (χ1n) is 5.50. The van der Waals surface area contributed by atoms with Gasteiger partial charge in [-0.25, -0.2) is 4.39 Å². The summed E-state index contributed by atoms with van der Waals surface area (Å²) in [7, 11) is 0. The van der Waals surface area contributed by atoms with Crippen molar-refractivity contribution < 1.29 is 9.13 Å². The Labute approximate surface area is 99.7 Å². The van der Waals surface area contributed by atoms with E-state index in [4.69, 9.17) is 16.3 Å². The second-order valence-corrected chi connectivity index (χ2v) is 4.42. The fourth-order valence-electron chi connectivity index (χ4n) is 1.81. The zero-order valence-electron chi connectivity index (χ0n) is 9.17. The Morgan fingerprint density at radius 1 is 1.56 bits per heavy atom. The van der Waals surface area contributed by atoms with Crippen LogP contribution in [-0.4, -0.2) is 19.2 Å². The first-order valence-corrected chi connectivity index (χ1v) is 5.88. The second kappa shape index (κ2) is 5.13. The zero-order valence-corrected chi connectivity index (χ0v) is 9.93. The Balaban J connectivity index is 2.05. The average Bonchev–Trinajstić information content (AvgIpc) is 2.33. The SMILES string of the molecule is CCC1COC(c2ccc(F)c(Cl)c2)CN1. The van der Waals surface area contributed by atoms with Crippen LogP contribution in [-0.2, 0) is 4.74 Å². The summed E-state index contributed by atoms with van der Waals surface area (Å²) in [6.45, 7) is 3.56. The standard InChI is InChI=1S/C12H15ClFNO/c1-2-9-7-16-12(6-15-9)8-3-4-11(14)10(13)5-8/h3-5,9,12,15H,2,6-7H2,1H3. The molecule has 16 heavy (non-hydrogen) atoms. The maximum atomic E-state index is 13.0. The van der Waals surface area contributed by atoms with Gasteiger partial charge in [-0.15, -0.1) is 0 Å². The molecule has 1 N–H and O–H groups in total. The molecule has 1 aromatic rings. The summed E-state index contributed by atoms with van der Waals surface area (Å²) in [5, 5.41) is 3.54. The molecule has 1 aliphatic heterocycles. The van der Waals surface area contributed by atoms with Crippen LogP contribution in [0.25, 0.3) is 0 Å². The van der Waals surface area contributed by atoms with Crippen molar-refractivity contribution in [2.24, 2.45) is 0 Å². The molecule has 1 heterocycles. The predicted molar refractivity (Wildman–Crippen MR) is 62.2 cm³/mol. The number of rotatable bonds is 2. The predicted octanol–water partition coefficient (Wildman–Crippen LogP) is 2.92. The Kier molecular flexibility index (Phi) is 3.79. The van der Waals surface area contributed by atoms with Crippen molar-refractivity contribution in [3.05, 3.63) is 34.6 Å². The molecule has 88 valence electrons. The van der Waals surface area contributed by atoms with Gasteiger partial charge in [0.2, 0.25) is 0 Å². The topological polar surface area (TPSA) is 21.3 Å². The molecule has 0 spiro atoms. The summed E-state index contributed by atoms with van der Waals surface area (Å²) in [5.41, 5.74) is 0.924. The van der Waals surface area contributed by atoms with Gasteiger partial charge in [-0.3, -0.25) is 0 Å². The minimum absolute atomic E-state index is 0.0269. The zero-order chi connectivity index (χ0) is 11.5. The van der Waals surface area contributed by atoms with Gasteiger partial charge in [-0.05, 0) is 24.1 Å². The first kappa shape index (κ1) is 11.8. The first-order chi connectivity index (χ1) is 7.70. The molecule has 1 fully saturated rings. The van der Waals surface area contributed by atoms with Crippen molar-refractivity contribution in [2.45, 2.75) is 25.5 Å². The fraction of sp³-hybridized carbons (Fsp3) is 0.500. The number of hydrogen-bond donors (Lipinski definition) is 1. The lowest BCUT2D eigenvalue weighted by Crippen LogP contribution is -2.42. The number of benzene rings is 1. The van der Waals surface area contributed by atoms with Gasteiger partial charge in [-0.1, -0.05) is 24.6 Å². The van der Waals surface area contributed by atoms with E-state index in [0.717, 1.165) is 18.5 Å². The molecule has 0 aliphatic carbocycles.